The lowest BCUT2D eigenvalue weighted by atomic mass is 9.78. The van der Waals surface area contributed by atoms with E-state index >= 15 is 0 Å². The Kier molecular flexibility index (Phi) is 5.16. The monoisotopic (exact) mass is 331 g/mol. The molecule has 3 rings (SSSR count). The quantitative estimate of drug-likeness (QED) is 0.886. The maximum atomic E-state index is 12.9. The van der Waals surface area contributed by atoms with E-state index in [2.05, 4.69) is 0 Å². The standard InChI is InChI=1S/C18H25N3O3/c19-14-18(6-12-24-13-7-18)17(23)21-10-8-20(9-11-21)16(22)15-4-2-1-3-5-15/h1-5H,6-14,19H2. The van der Waals surface area contributed by atoms with Gasteiger partial charge in [0.25, 0.3) is 5.91 Å². The van der Waals surface area contributed by atoms with Crippen molar-refractivity contribution < 1.29 is 14.3 Å². The third kappa shape index (κ3) is 3.30. The van der Waals surface area contributed by atoms with Crippen LogP contribution in [0.4, 0.5) is 0 Å². The first kappa shape index (κ1) is 16.9. The number of nitrogens with zero attached hydrogens (tertiary/aromatic N) is 2. The van der Waals surface area contributed by atoms with Crippen LogP contribution in [0.15, 0.2) is 30.3 Å². The molecule has 0 aromatic heterocycles. The van der Waals surface area contributed by atoms with E-state index in [0.29, 0.717) is 64.3 Å². The van der Waals surface area contributed by atoms with E-state index in [-0.39, 0.29) is 11.8 Å². The number of amides is 2. The van der Waals surface area contributed by atoms with Gasteiger partial charge in [-0.15, -0.1) is 0 Å². The molecule has 0 aliphatic carbocycles. The van der Waals surface area contributed by atoms with Gasteiger partial charge in [-0.2, -0.15) is 0 Å². The molecule has 2 saturated heterocycles. The molecule has 0 spiro atoms. The second kappa shape index (κ2) is 7.32. The highest BCUT2D eigenvalue weighted by Crippen LogP contribution is 2.32. The third-order valence-corrected chi connectivity index (χ3v) is 5.17. The first-order chi connectivity index (χ1) is 11.7. The van der Waals surface area contributed by atoms with Crippen molar-refractivity contribution in [2.45, 2.75) is 12.8 Å². The van der Waals surface area contributed by atoms with Crippen LogP contribution in [0.3, 0.4) is 0 Å². The SMILES string of the molecule is NCC1(C(=O)N2CCN(C(=O)c3ccccc3)CC2)CCOCC1. The smallest absolute Gasteiger partial charge is 0.253 e. The number of piperazine rings is 1. The second-order valence-corrected chi connectivity index (χ2v) is 6.55. The van der Waals surface area contributed by atoms with Gasteiger partial charge >= 0.3 is 0 Å². The molecule has 1 aromatic carbocycles. The highest BCUT2D eigenvalue weighted by molar-refractivity contribution is 5.94. The summed E-state index contributed by atoms with van der Waals surface area (Å²) in [6.45, 7) is 3.82. The zero-order valence-corrected chi connectivity index (χ0v) is 13.9. The first-order valence-corrected chi connectivity index (χ1v) is 8.58. The molecule has 2 aliphatic heterocycles. The van der Waals surface area contributed by atoms with E-state index < -0.39 is 5.41 Å². The molecule has 0 atom stereocenters. The van der Waals surface area contributed by atoms with Gasteiger partial charge in [0, 0.05) is 51.5 Å². The maximum absolute atomic E-state index is 12.9. The predicted octanol–water partition coefficient (Wildman–Crippen LogP) is 0.727. The number of benzene rings is 1. The Labute approximate surface area is 142 Å². The summed E-state index contributed by atoms with van der Waals surface area (Å²) < 4.78 is 5.38. The minimum absolute atomic E-state index is 0.0299. The molecule has 6 heteroatoms. The van der Waals surface area contributed by atoms with Crippen LogP contribution in [0.1, 0.15) is 23.2 Å². The Morgan fingerprint density at radius 2 is 1.58 bits per heavy atom. The fraction of sp³-hybridized carbons (Fsp3) is 0.556. The average Bonchev–Trinajstić information content (AvgIpc) is 2.68. The van der Waals surface area contributed by atoms with Gasteiger partial charge in [0.2, 0.25) is 5.91 Å². The number of hydrogen-bond donors (Lipinski definition) is 1. The minimum atomic E-state index is -0.482. The molecule has 0 unspecified atom stereocenters. The van der Waals surface area contributed by atoms with Crippen LogP contribution in [-0.4, -0.2) is 67.6 Å². The van der Waals surface area contributed by atoms with Crippen molar-refractivity contribution in [1.82, 2.24) is 9.80 Å². The van der Waals surface area contributed by atoms with Crippen LogP contribution in [0.25, 0.3) is 0 Å². The Hall–Kier alpha value is -1.92. The normalized spacial score (nSPS) is 20.7. The molecule has 2 aliphatic rings. The largest absolute Gasteiger partial charge is 0.381 e. The van der Waals surface area contributed by atoms with Gasteiger partial charge in [-0.1, -0.05) is 18.2 Å². The molecular formula is C18H25N3O3. The number of carbonyl (C=O) groups excluding carboxylic acids is 2. The zero-order valence-electron chi connectivity index (χ0n) is 13.9. The van der Waals surface area contributed by atoms with Gasteiger partial charge < -0.3 is 20.3 Å². The van der Waals surface area contributed by atoms with Crippen LogP contribution < -0.4 is 5.73 Å². The highest BCUT2D eigenvalue weighted by atomic mass is 16.5. The molecule has 1 aromatic rings. The van der Waals surface area contributed by atoms with Crippen molar-refractivity contribution in [3.8, 4) is 0 Å². The van der Waals surface area contributed by atoms with Crippen molar-refractivity contribution in [1.29, 1.82) is 0 Å². The molecule has 130 valence electrons. The molecule has 2 N–H and O–H groups in total. The lowest BCUT2D eigenvalue weighted by Gasteiger charge is -2.42. The number of carbonyl (C=O) groups is 2. The summed E-state index contributed by atoms with van der Waals surface area (Å²) >= 11 is 0. The Balaban J connectivity index is 1.60. The Bertz CT molecular complexity index is 576. The lowest BCUT2D eigenvalue weighted by molar-refractivity contribution is -0.148. The van der Waals surface area contributed by atoms with E-state index in [1.807, 2.05) is 40.1 Å². The van der Waals surface area contributed by atoms with Crippen molar-refractivity contribution in [3.05, 3.63) is 35.9 Å². The molecule has 0 saturated carbocycles. The topological polar surface area (TPSA) is 75.9 Å². The summed E-state index contributed by atoms with van der Waals surface area (Å²) in [5.74, 6) is 0.155. The molecule has 6 nitrogen and oxygen atoms in total. The van der Waals surface area contributed by atoms with E-state index in [9.17, 15) is 9.59 Å². The summed E-state index contributed by atoms with van der Waals surface area (Å²) in [6, 6.07) is 9.27. The van der Waals surface area contributed by atoms with Gasteiger partial charge in [-0.25, -0.2) is 0 Å². The minimum Gasteiger partial charge on any atom is -0.381 e. The van der Waals surface area contributed by atoms with E-state index in [0.717, 1.165) is 0 Å². The highest BCUT2D eigenvalue weighted by Gasteiger charge is 2.42. The molecule has 2 heterocycles. The average molecular weight is 331 g/mol. The van der Waals surface area contributed by atoms with Crippen molar-refractivity contribution in [2.24, 2.45) is 11.1 Å². The number of ether oxygens (including phenoxy) is 1. The van der Waals surface area contributed by atoms with E-state index in [1.54, 1.807) is 0 Å². The van der Waals surface area contributed by atoms with Gasteiger partial charge in [-0.05, 0) is 25.0 Å². The van der Waals surface area contributed by atoms with Gasteiger partial charge in [0.1, 0.15) is 0 Å². The van der Waals surface area contributed by atoms with E-state index in [1.165, 1.54) is 0 Å². The third-order valence-electron chi connectivity index (χ3n) is 5.17. The van der Waals surface area contributed by atoms with Gasteiger partial charge in [0.05, 0.1) is 5.41 Å². The molecule has 0 radical (unpaired) electrons. The Morgan fingerprint density at radius 3 is 2.17 bits per heavy atom. The van der Waals surface area contributed by atoms with Crippen LogP contribution in [0, 0.1) is 5.41 Å². The summed E-state index contributed by atoms with van der Waals surface area (Å²) in [5.41, 5.74) is 6.14. The Morgan fingerprint density at radius 1 is 1.00 bits per heavy atom. The van der Waals surface area contributed by atoms with Crippen LogP contribution >= 0.6 is 0 Å². The van der Waals surface area contributed by atoms with Gasteiger partial charge in [0.15, 0.2) is 0 Å². The van der Waals surface area contributed by atoms with Crippen LogP contribution in [-0.2, 0) is 9.53 Å². The van der Waals surface area contributed by atoms with Crippen molar-refractivity contribution >= 4 is 11.8 Å². The number of nitrogens with two attached hydrogens (primary N) is 1. The van der Waals surface area contributed by atoms with Gasteiger partial charge in [-0.3, -0.25) is 9.59 Å². The summed E-state index contributed by atoms with van der Waals surface area (Å²) in [7, 11) is 0. The fourth-order valence-electron chi connectivity index (χ4n) is 3.48. The second-order valence-electron chi connectivity index (χ2n) is 6.55. The molecular weight excluding hydrogens is 306 g/mol. The number of hydrogen-bond acceptors (Lipinski definition) is 4. The molecule has 0 bridgehead atoms. The van der Waals surface area contributed by atoms with E-state index in [4.69, 9.17) is 10.5 Å². The summed E-state index contributed by atoms with van der Waals surface area (Å²) in [5, 5.41) is 0. The fourth-order valence-corrected chi connectivity index (χ4v) is 3.48. The molecule has 2 fully saturated rings. The summed E-state index contributed by atoms with van der Waals surface area (Å²) in [4.78, 5) is 29.1. The predicted molar refractivity (Wildman–Crippen MR) is 90.5 cm³/mol. The van der Waals surface area contributed by atoms with Crippen LogP contribution in [0.2, 0.25) is 0 Å². The lowest BCUT2D eigenvalue weighted by Crippen LogP contribution is -2.57. The maximum Gasteiger partial charge on any atom is 0.253 e. The first-order valence-electron chi connectivity index (χ1n) is 8.58. The molecule has 24 heavy (non-hydrogen) atoms. The molecule has 2 amide bonds. The zero-order chi connectivity index (χ0) is 17.0. The summed E-state index contributed by atoms with van der Waals surface area (Å²) in [6.07, 6.45) is 1.37. The van der Waals surface area contributed by atoms with Crippen molar-refractivity contribution in [3.63, 3.8) is 0 Å². The number of rotatable bonds is 3. The van der Waals surface area contributed by atoms with Crippen molar-refractivity contribution in [2.75, 3.05) is 45.9 Å². The van der Waals surface area contributed by atoms with Crippen LogP contribution in [0.5, 0.6) is 0 Å².